The number of fused-ring (bicyclic) bond motifs is 7. The van der Waals surface area contributed by atoms with Crippen LogP contribution in [0.25, 0.3) is 0 Å². The summed E-state index contributed by atoms with van der Waals surface area (Å²) in [6.07, 6.45) is 1.66. The lowest BCUT2D eigenvalue weighted by atomic mass is 9.56. The van der Waals surface area contributed by atoms with Gasteiger partial charge < -0.3 is 14.6 Å². The van der Waals surface area contributed by atoms with Gasteiger partial charge in [0.25, 0.3) is 0 Å². The van der Waals surface area contributed by atoms with Gasteiger partial charge in [0.2, 0.25) is 0 Å². The fourth-order valence-electron chi connectivity index (χ4n) is 9.05. The van der Waals surface area contributed by atoms with E-state index < -0.39 is 47.0 Å². The second kappa shape index (κ2) is 7.07. The van der Waals surface area contributed by atoms with E-state index in [1.54, 1.807) is 0 Å². The Balaban J connectivity index is 1.47. The molecule has 2 heterocycles. The molecule has 192 valence electrons. The van der Waals surface area contributed by atoms with Crippen LogP contribution in [0.3, 0.4) is 0 Å². The Morgan fingerprint density at radius 1 is 0.784 bits per heavy atom. The van der Waals surface area contributed by atoms with Gasteiger partial charge in [0.1, 0.15) is 18.0 Å². The minimum atomic E-state index is -1.31. The largest absolute Gasteiger partial charge is 0.458 e. The van der Waals surface area contributed by atoms with Crippen LogP contribution >= 0.6 is 0 Å². The number of rotatable bonds is 0. The maximum Gasteiger partial charge on any atom is 0.334 e. The van der Waals surface area contributed by atoms with E-state index in [0.29, 0.717) is 48.0 Å². The Morgan fingerprint density at radius 2 is 1.43 bits per heavy atom. The summed E-state index contributed by atoms with van der Waals surface area (Å²) < 4.78 is 11.7. The minimum absolute atomic E-state index is 0.0714. The Labute approximate surface area is 215 Å². The van der Waals surface area contributed by atoms with Crippen molar-refractivity contribution in [1.29, 1.82) is 0 Å². The van der Waals surface area contributed by atoms with Gasteiger partial charge in [0.15, 0.2) is 5.78 Å². The highest BCUT2D eigenvalue weighted by atomic mass is 16.6. The standard InChI is InChI=1S/C30H30O7/c1-12-5-6-16-13(2)28(34)37-26(16)21-18(12)11-19(31)30(21)10-9-29(35)8-7-17-14(3)27(33)36-25(17)20-15(4)24(32)23(30)22(20)29/h16-18,20-21,25-26,35H,1-11H2/t16-,17+,18+,20+,21+,25-,26-,29-,30-/m1/s1. The molecule has 0 aromatic heterocycles. The number of aliphatic hydroxyl groups is 1. The minimum Gasteiger partial charge on any atom is -0.458 e. The molecular weight excluding hydrogens is 472 g/mol. The zero-order valence-corrected chi connectivity index (χ0v) is 20.7. The number of allylic oxidation sites excluding steroid dienone is 2. The molecule has 2 aliphatic heterocycles. The van der Waals surface area contributed by atoms with E-state index in [1.165, 1.54) is 0 Å². The van der Waals surface area contributed by atoms with E-state index in [-0.39, 0.29) is 54.2 Å². The molecule has 1 spiro atoms. The molecule has 5 aliphatic carbocycles. The zero-order valence-electron chi connectivity index (χ0n) is 20.7. The van der Waals surface area contributed by atoms with Crippen molar-refractivity contribution in [3.63, 3.8) is 0 Å². The molecule has 7 aliphatic rings. The molecule has 37 heavy (non-hydrogen) atoms. The maximum absolute atomic E-state index is 14.2. The summed E-state index contributed by atoms with van der Waals surface area (Å²) in [7, 11) is 0. The third-order valence-electron chi connectivity index (χ3n) is 10.8. The van der Waals surface area contributed by atoms with Crippen LogP contribution in [0.4, 0.5) is 0 Å². The smallest absolute Gasteiger partial charge is 0.334 e. The van der Waals surface area contributed by atoms with Crippen LogP contribution in [0.15, 0.2) is 59.8 Å². The molecule has 5 fully saturated rings. The average Bonchev–Trinajstić information content (AvgIpc) is 3.44. The topological polar surface area (TPSA) is 107 Å². The predicted molar refractivity (Wildman–Crippen MR) is 131 cm³/mol. The molecule has 7 nitrogen and oxygen atoms in total. The SMILES string of the molecule is C=C1C(=O)C2=C3[C@H]1[C@@H]1OC(=O)C(=C)[C@@H]1CC[C@@]3(O)CC[C@]21C(=O)C[C@H]2C(=C)CC[C@@H]3C(=C)C(=O)O[C@H]3[C@H]21. The number of ketones is 2. The van der Waals surface area contributed by atoms with Crippen LogP contribution in [-0.2, 0) is 28.7 Å². The van der Waals surface area contributed by atoms with Gasteiger partial charge in [-0.15, -0.1) is 0 Å². The molecule has 0 bridgehead atoms. The Morgan fingerprint density at radius 3 is 2.14 bits per heavy atom. The first-order valence-electron chi connectivity index (χ1n) is 13.2. The molecule has 0 aromatic rings. The first-order chi connectivity index (χ1) is 17.5. The second-order valence-electron chi connectivity index (χ2n) is 12.1. The lowest BCUT2D eigenvalue weighted by molar-refractivity contribution is -0.146. The number of hydrogen-bond acceptors (Lipinski definition) is 7. The summed E-state index contributed by atoms with van der Waals surface area (Å²) >= 11 is 0. The van der Waals surface area contributed by atoms with Crippen LogP contribution in [-0.4, -0.2) is 46.4 Å². The fourth-order valence-corrected chi connectivity index (χ4v) is 9.05. The van der Waals surface area contributed by atoms with E-state index in [1.807, 2.05) is 0 Å². The fraction of sp³-hybridized carbons (Fsp3) is 0.533. The predicted octanol–water partition coefficient (Wildman–Crippen LogP) is 3.09. The molecule has 0 aromatic carbocycles. The maximum atomic E-state index is 14.2. The van der Waals surface area contributed by atoms with Crippen LogP contribution in [0.2, 0.25) is 0 Å². The van der Waals surface area contributed by atoms with Crippen LogP contribution in [0.5, 0.6) is 0 Å². The van der Waals surface area contributed by atoms with E-state index in [0.717, 1.165) is 5.57 Å². The van der Waals surface area contributed by atoms with E-state index in [2.05, 4.69) is 26.3 Å². The number of carbonyl (C=O) groups is 4. The van der Waals surface area contributed by atoms with Gasteiger partial charge in [0, 0.05) is 52.4 Å². The molecule has 0 radical (unpaired) electrons. The normalized spacial score (nSPS) is 46.5. The van der Waals surface area contributed by atoms with Gasteiger partial charge in [-0.25, -0.2) is 9.59 Å². The van der Waals surface area contributed by atoms with Crippen molar-refractivity contribution >= 4 is 23.5 Å². The first kappa shape index (κ1) is 23.1. The number of Topliss-reactive ketones (excluding diaryl/α,β-unsaturated/α-hetero) is 2. The summed E-state index contributed by atoms with van der Waals surface area (Å²) in [5.41, 5.74) is 0.213. The van der Waals surface area contributed by atoms with Gasteiger partial charge in [-0.3, -0.25) is 9.59 Å². The number of ether oxygens (including phenoxy) is 2. The van der Waals surface area contributed by atoms with Gasteiger partial charge in [-0.05, 0) is 50.0 Å². The van der Waals surface area contributed by atoms with E-state index in [9.17, 15) is 24.3 Å². The highest BCUT2D eigenvalue weighted by Gasteiger charge is 2.71. The number of esters is 2. The number of hydrogen-bond donors (Lipinski definition) is 1. The van der Waals surface area contributed by atoms with Crippen molar-refractivity contribution in [2.45, 2.75) is 62.8 Å². The Hall–Kier alpha value is -3.06. The third kappa shape index (κ3) is 2.56. The van der Waals surface area contributed by atoms with Gasteiger partial charge >= 0.3 is 11.9 Å². The monoisotopic (exact) mass is 502 g/mol. The van der Waals surface area contributed by atoms with Crippen molar-refractivity contribution in [2.24, 2.45) is 35.0 Å². The molecule has 0 unspecified atom stereocenters. The molecule has 7 heteroatoms. The summed E-state index contributed by atoms with van der Waals surface area (Å²) in [5, 5.41) is 12.1. The van der Waals surface area contributed by atoms with Crippen molar-refractivity contribution in [3.05, 3.63) is 59.8 Å². The van der Waals surface area contributed by atoms with Crippen molar-refractivity contribution in [2.75, 3.05) is 0 Å². The zero-order chi connectivity index (χ0) is 26.2. The van der Waals surface area contributed by atoms with Crippen molar-refractivity contribution in [1.82, 2.24) is 0 Å². The molecule has 1 N–H and O–H groups in total. The Kier molecular flexibility index (Phi) is 4.41. The molecule has 3 saturated carbocycles. The van der Waals surface area contributed by atoms with Crippen LogP contribution in [0, 0.1) is 35.0 Å². The van der Waals surface area contributed by atoms with E-state index in [4.69, 9.17) is 9.47 Å². The molecule has 9 atom stereocenters. The molecule has 7 rings (SSSR count). The number of carbonyl (C=O) groups excluding carboxylic acids is 4. The van der Waals surface area contributed by atoms with Crippen LogP contribution in [0.1, 0.15) is 44.9 Å². The lowest BCUT2D eigenvalue weighted by Gasteiger charge is -2.47. The van der Waals surface area contributed by atoms with Gasteiger partial charge in [-0.2, -0.15) is 0 Å². The Bertz CT molecular complexity index is 1330. The van der Waals surface area contributed by atoms with Crippen molar-refractivity contribution in [3.8, 4) is 0 Å². The molecule has 2 saturated heterocycles. The highest BCUT2D eigenvalue weighted by molar-refractivity contribution is 6.18. The van der Waals surface area contributed by atoms with Gasteiger partial charge in [-0.1, -0.05) is 31.9 Å². The quantitative estimate of drug-likeness (QED) is 0.308. The third-order valence-corrected chi connectivity index (χ3v) is 10.8. The molecule has 0 amide bonds. The summed E-state index contributed by atoms with van der Waals surface area (Å²) in [6.45, 7) is 16.3. The van der Waals surface area contributed by atoms with Gasteiger partial charge in [0.05, 0.1) is 11.0 Å². The summed E-state index contributed by atoms with van der Waals surface area (Å²) in [5.74, 6) is -3.33. The first-order valence-corrected chi connectivity index (χ1v) is 13.2. The highest BCUT2D eigenvalue weighted by Crippen LogP contribution is 2.68. The summed E-state index contributed by atoms with van der Waals surface area (Å²) in [4.78, 5) is 53.4. The van der Waals surface area contributed by atoms with Crippen LogP contribution < -0.4 is 0 Å². The van der Waals surface area contributed by atoms with E-state index >= 15 is 0 Å². The van der Waals surface area contributed by atoms with Crippen molar-refractivity contribution < 1.29 is 33.8 Å². The average molecular weight is 503 g/mol. The second-order valence-corrected chi connectivity index (χ2v) is 12.1. The lowest BCUT2D eigenvalue weighted by Crippen LogP contribution is -2.51. The molecular formula is C30H30O7. The summed E-state index contributed by atoms with van der Waals surface area (Å²) in [6, 6.07) is 0.